The Bertz CT molecular complexity index is 1200. The average Bonchev–Trinajstić information content (AvgIpc) is 2.77. The number of hydrogen-bond acceptors (Lipinski definition) is 3. The summed E-state index contributed by atoms with van der Waals surface area (Å²) in [5, 5.41) is 0. The van der Waals surface area contributed by atoms with Crippen LogP contribution in [0.2, 0.25) is 0 Å². The monoisotopic (exact) mass is 420 g/mol. The largest absolute Gasteiger partial charge is 0.334 e. The van der Waals surface area contributed by atoms with E-state index in [4.69, 9.17) is 0 Å². The van der Waals surface area contributed by atoms with E-state index in [2.05, 4.69) is 6.07 Å². The molecule has 1 amide bonds. The molecule has 5 nitrogen and oxygen atoms in total. The van der Waals surface area contributed by atoms with Gasteiger partial charge in [0, 0.05) is 25.7 Å². The van der Waals surface area contributed by atoms with E-state index in [1.165, 1.54) is 29.0 Å². The lowest BCUT2D eigenvalue weighted by molar-refractivity contribution is 0.0734. The molecule has 4 rings (SSSR count). The van der Waals surface area contributed by atoms with E-state index in [1.807, 2.05) is 43.3 Å². The summed E-state index contributed by atoms with van der Waals surface area (Å²) in [6.07, 6.45) is 0.802. The number of rotatable bonds is 4. The number of aryl methyl sites for hydroxylation is 1. The molecule has 1 aliphatic rings. The molecule has 30 heavy (non-hydrogen) atoms. The highest BCUT2D eigenvalue weighted by atomic mass is 32.2. The number of sulfonamides is 1. The Labute approximate surface area is 177 Å². The van der Waals surface area contributed by atoms with Crippen molar-refractivity contribution < 1.29 is 13.2 Å². The van der Waals surface area contributed by atoms with Gasteiger partial charge in [-0.1, -0.05) is 42.5 Å². The highest BCUT2D eigenvalue weighted by Gasteiger charge is 2.25. The van der Waals surface area contributed by atoms with Crippen molar-refractivity contribution in [1.29, 1.82) is 0 Å². The minimum atomic E-state index is -3.78. The molecule has 0 aliphatic carbocycles. The quantitative estimate of drug-likeness (QED) is 0.641. The van der Waals surface area contributed by atoms with Gasteiger partial charge in [0.25, 0.3) is 15.9 Å². The summed E-state index contributed by atoms with van der Waals surface area (Å²) in [7, 11) is -2.25. The predicted molar refractivity (Wildman–Crippen MR) is 118 cm³/mol. The van der Waals surface area contributed by atoms with Crippen LogP contribution in [0.25, 0.3) is 0 Å². The molecule has 0 spiro atoms. The van der Waals surface area contributed by atoms with Gasteiger partial charge in [0.15, 0.2) is 0 Å². The molecule has 1 heterocycles. The molecule has 6 heteroatoms. The average molecular weight is 421 g/mol. The lowest BCUT2D eigenvalue weighted by Crippen LogP contribution is -2.36. The Hall–Kier alpha value is -3.12. The summed E-state index contributed by atoms with van der Waals surface area (Å²) >= 11 is 0. The number of carbonyl (C=O) groups excluding carboxylic acids is 1. The van der Waals surface area contributed by atoms with Gasteiger partial charge in [0.05, 0.1) is 10.6 Å². The van der Waals surface area contributed by atoms with Gasteiger partial charge < -0.3 is 4.90 Å². The van der Waals surface area contributed by atoms with Crippen LogP contribution < -0.4 is 4.31 Å². The zero-order valence-electron chi connectivity index (χ0n) is 17.1. The van der Waals surface area contributed by atoms with E-state index in [-0.39, 0.29) is 10.8 Å². The summed E-state index contributed by atoms with van der Waals surface area (Å²) in [5.74, 6) is -0.153. The Morgan fingerprint density at radius 2 is 1.67 bits per heavy atom. The maximum absolute atomic E-state index is 13.2. The van der Waals surface area contributed by atoms with E-state index in [0.717, 1.165) is 17.5 Å². The lowest BCUT2D eigenvalue weighted by atomic mass is 9.99. The highest BCUT2D eigenvalue weighted by molar-refractivity contribution is 7.92. The van der Waals surface area contributed by atoms with E-state index >= 15 is 0 Å². The van der Waals surface area contributed by atoms with Crippen LogP contribution in [0.3, 0.4) is 0 Å². The first-order valence-corrected chi connectivity index (χ1v) is 11.3. The van der Waals surface area contributed by atoms with Gasteiger partial charge in [0.2, 0.25) is 0 Å². The molecule has 1 aliphatic heterocycles. The van der Waals surface area contributed by atoms with Crippen molar-refractivity contribution in [2.24, 2.45) is 0 Å². The zero-order valence-corrected chi connectivity index (χ0v) is 17.9. The second-order valence-electron chi connectivity index (χ2n) is 7.58. The normalized spacial score (nSPS) is 13.6. The minimum Gasteiger partial charge on any atom is -0.334 e. The molecule has 3 aromatic rings. The Morgan fingerprint density at radius 1 is 0.933 bits per heavy atom. The molecule has 0 N–H and O–H groups in total. The van der Waals surface area contributed by atoms with Gasteiger partial charge in [-0.3, -0.25) is 9.10 Å². The van der Waals surface area contributed by atoms with Crippen LogP contribution in [-0.2, 0) is 23.0 Å². The third-order valence-electron chi connectivity index (χ3n) is 5.52. The van der Waals surface area contributed by atoms with Gasteiger partial charge in [-0.2, -0.15) is 0 Å². The number of anilines is 1. The highest BCUT2D eigenvalue weighted by Crippen LogP contribution is 2.25. The summed E-state index contributed by atoms with van der Waals surface area (Å²) in [6.45, 7) is 3.07. The van der Waals surface area contributed by atoms with Crippen LogP contribution in [-0.4, -0.2) is 32.8 Å². The number of benzene rings is 3. The molecule has 0 saturated carbocycles. The molecule has 154 valence electrons. The second-order valence-corrected chi connectivity index (χ2v) is 9.55. The fourth-order valence-electron chi connectivity index (χ4n) is 3.76. The molecule has 0 bridgehead atoms. The number of carbonyl (C=O) groups is 1. The Kier molecular flexibility index (Phi) is 5.35. The summed E-state index contributed by atoms with van der Waals surface area (Å²) < 4.78 is 27.6. The number of nitrogens with zero attached hydrogens (tertiary/aromatic N) is 2. The molecule has 0 atom stereocenters. The van der Waals surface area contributed by atoms with Gasteiger partial charge in [-0.25, -0.2) is 8.42 Å². The second kappa shape index (κ2) is 7.95. The SMILES string of the molecule is Cc1cccc(N(C)S(=O)(=O)c2cccc(C(=O)N3CCc4ccccc4C3)c2)c1. The first-order chi connectivity index (χ1) is 14.4. The van der Waals surface area contributed by atoms with Crippen molar-refractivity contribution in [1.82, 2.24) is 4.90 Å². The molecule has 0 aromatic heterocycles. The van der Waals surface area contributed by atoms with Crippen LogP contribution in [0.5, 0.6) is 0 Å². The van der Waals surface area contributed by atoms with E-state index in [1.54, 1.807) is 23.1 Å². The van der Waals surface area contributed by atoms with Crippen molar-refractivity contribution >= 4 is 21.6 Å². The Morgan fingerprint density at radius 3 is 2.43 bits per heavy atom. The van der Waals surface area contributed by atoms with Crippen molar-refractivity contribution in [3.05, 3.63) is 95.1 Å². The maximum Gasteiger partial charge on any atom is 0.264 e. The lowest BCUT2D eigenvalue weighted by Gasteiger charge is -2.29. The van der Waals surface area contributed by atoms with Crippen LogP contribution >= 0.6 is 0 Å². The van der Waals surface area contributed by atoms with Gasteiger partial charge >= 0.3 is 0 Å². The molecule has 0 saturated heterocycles. The van der Waals surface area contributed by atoms with Crippen LogP contribution in [0.1, 0.15) is 27.0 Å². The summed E-state index contributed by atoms with van der Waals surface area (Å²) in [6, 6.07) is 21.7. The van der Waals surface area contributed by atoms with Crippen molar-refractivity contribution in [2.45, 2.75) is 24.8 Å². The summed E-state index contributed by atoms with van der Waals surface area (Å²) in [5.41, 5.74) is 4.34. The molecule has 0 unspecified atom stereocenters. The van der Waals surface area contributed by atoms with E-state index in [0.29, 0.717) is 24.3 Å². The van der Waals surface area contributed by atoms with Gasteiger partial charge in [0.1, 0.15) is 0 Å². The third kappa shape index (κ3) is 3.83. The third-order valence-corrected chi connectivity index (χ3v) is 7.30. The topological polar surface area (TPSA) is 57.7 Å². The smallest absolute Gasteiger partial charge is 0.264 e. The van der Waals surface area contributed by atoms with E-state index < -0.39 is 10.0 Å². The zero-order chi connectivity index (χ0) is 21.3. The molecular weight excluding hydrogens is 396 g/mol. The van der Waals surface area contributed by atoms with Crippen molar-refractivity contribution in [3.8, 4) is 0 Å². The van der Waals surface area contributed by atoms with Crippen molar-refractivity contribution in [2.75, 3.05) is 17.9 Å². The first-order valence-electron chi connectivity index (χ1n) is 9.88. The van der Waals surface area contributed by atoms with Gasteiger partial charge in [-0.15, -0.1) is 0 Å². The molecular formula is C24H24N2O3S. The van der Waals surface area contributed by atoms with E-state index in [9.17, 15) is 13.2 Å². The minimum absolute atomic E-state index is 0.106. The number of hydrogen-bond donors (Lipinski definition) is 0. The Balaban J connectivity index is 1.60. The molecule has 3 aromatic carbocycles. The number of fused-ring (bicyclic) bond motifs is 1. The first kappa shape index (κ1) is 20.2. The maximum atomic E-state index is 13.2. The summed E-state index contributed by atoms with van der Waals surface area (Å²) in [4.78, 5) is 15.0. The van der Waals surface area contributed by atoms with Gasteiger partial charge in [-0.05, 0) is 60.4 Å². The molecule has 0 fully saturated rings. The van der Waals surface area contributed by atoms with Crippen LogP contribution in [0.4, 0.5) is 5.69 Å². The molecule has 0 radical (unpaired) electrons. The van der Waals surface area contributed by atoms with Crippen LogP contribution in [0.15, 0.2) is 77.7 Å². The standard InChI is InChI=1S/C24H24N2O3S/c1-18-7-5-11-22(15-18)25(2)30(28,29)23-12-6-10-20(16-23)24(27)26-14-13-19-8-3-4-9-21(19)17-26/h3-12,15-16H,13-14,17H2,1-2H3. The fraction of sp³-hybridized carbons (Fsp3) is 0.208. The predicted octanol–water partition coefficient (Wildman–Crippen LogP) is 4.02. The fourth-order valence-corrected chi connectivity index (χ4v) is 5.00. The van der Waals surface area contributed by atoms with Crippen molar-refractivity contribution in [3.63, 3.8) is 0 Å². The van der Waals surface area contributed by atoms with Crippen LogP contribution in [0, 0.1) is 6.92 Å². The number of amides is 1.